The SMILES string of the molecule is CC1(C)c2ccccc2-c2ccc(N(c3ccc(-c4cccc5ccccc45)cc3)c3cc(-c4ccc5ccccc5c4)c4sc5ccccc5c4c3)cc21. The van der Waals surface area contributed by atoms with Gasteiger partial charge in [0.25, 0.3) is 0 Å². The van der Waals surface area contributed by atoms with Crippen molar-refractivity contribution in [1.29, 1.82) is 0 Å². The van der Waals surface area contributed by atoms with E-state index in [1.54, 1.807) is 0 Å². The number of fused-ring (bicyclic) bond motifs is 8. The molecule has 55 heavy (non-hydrogen) atoms. The molecule has 1 aromatic heterocycles. The molecule has 2 heteroatoms. The van der Waals surface area contributed by atoms with Gasteiger partial charge >= 0.3 is 0 Å². The Bertz CT molecular complexity index is 3120. The Hall–Kier alpha value is -6.48. The van der Waals surface area contributed by atoms with Crippen LogP contribution in [0.15, 0.2) is 188 Å². The Morgan fingerprint density at radius 2 is 1.04 bits per heavy atom. The molecule has 0 saturated carbocycles. The van der Waals surface area contributed by atoms with Crippen molar-refractivity contribution in [3.63, 3.8) is 0 Å². The van der Waals surface area contributed by atoms with Crippen molar-refractivity contribution in [2.45, 2.75) is 19.3 Å². The predicted octanol–water partition coefficient (Wildman–Crippen LogP) is 15.5. The summed E-state index contributed by atoms with van der Waals surface area (Å²) in [5.74, 6) is 0. The van der Waals surface area contributed by atoms with E-state index in [1.165, 1.54) is 86.2 Å². The van der Waals surface area contributed by atoms with Gasteiger partial charge in [0.05, 0.1) is 0 Å². The van der Waals surface area contributed by atoms with Gasteiger partial charge in [-0.3, -0.25) is 0 Å². The third-order valence-electron chi connectivity index (χ3n) is 11.8. The van der Waals surface area contributed by atoms with E-state index in [1.807, 2.05) is 11.3 Å². The summed E-state index contributed by atoms with van der Waals surface area (Å²) in [4.78, 5) is 2.47. The number of anilines is 3. The fourth-order valence-corrected chi connectivity index (χ4v) is 10.3. The molecule has 11 rings (SSSR count). The molecule has 1 aliphatic rings. The Labute approximate surface area is 325 Å². The van der Waals surface area contributed by atoms with Crippen molar-refractivity contribution >= 4 is 70.1 Å². The van der Waals surface area contributed by atoms with E-state index in [2.05, 4.69) is 207 Å². The summed E-state index contributed by atoms with van der Waals surface area (Å²) in [7, 11) is 0. The van der Waals surface area contributed by atoms with Crippen LogP contribution in [0.25, 0.3) is 75.1 Å². The Balaban J connectivity index is 1.15. The molecule has 0 spiro atoms. The smallest absolute Gasteiger partial charge is 0.0475 e. The number of thiophene rings is 1. The normalized spacial score (nSPS) is 13.1. The van der Waals surface area contributed by atoms with Crippen molar-refractivity contribution in [3.8, 4) is 33.4 Å². The molecule has 1 heterocycles. The van der Waals surface area contributed by atoms with Crippen molar-refractivity contribution in [2.24, 2.45) is 0 Å². The minimum Gasteiger partial charge on any atom is -0.310 e. The lowest BCUT2D eigenvalue weighted by Crippen LogP contribution is -2.16. The molecular weight excluding hydrogens is 683 g/mol. The standard InChI is InChI=1S/C53H37NS/c1-53(2)49-20-9-7-17-44(49)45-29-28-40(33-50(45)53)54(39-26-24-36(25-27-39)43-19-11-15-35-13-5-6-16-42(35)43)41-31-47(38-23-22-34-12-3-4-14-37(34)30-38)52-48(32-41)46-18-8-10-21-51(46)55-52/h3-33H,1-2H3. The number of nitrogens with zero attached hydrogens (tertiary/aromatic N) is 1. The summed E-state index contributed by atoms with van der Waals surface area (Å²) in [5, 5.41) is 7.61. The molecular formula is C53H37NS. The molecule has 1 nitrogen and oxygen atoms in total. The van der Waals surface area contributed by atoms with E-state index in [9.17, 15) is 0 Å². The fourth-order valence-electron chi connectivity index (χ4n) is 9.06. The zero-order valence-electron chi connectivity index (χ0n) is 30.8. The van der Waals surface area contributed by atoms with Gasteiger partial charge in [-0.2, -0.15) is 0 Å². The second kappa shape index (κ2) is 12.3. The van der Waals surface area contributed by atoms with Crippen LogP contribution in [0, 0.1) is 0 Å². The first-order valence-electron chi connectivity index (χ1n) is 19.1. The molecule has 0 saturated heterocycles. The lowest BCUT2D eigenvalue weighted by atomic mass is 9.82. The molecule has 0 amide bonds. The minimum absolute atomic E-state index is 0.115. The van der Waals surface area contributed by atoms with E-state index < -0.39 is 0 Å². The van der Waals surface area contributed by atoms with Gasteiger partial charge in [-0.15, -0.1) is 11.3 Å². The summed E-state index contributed by atoms with van der Waals surface area (Å²) in [6.07, 6.45) is 0. The van der Waals surface area contributed by atoms with Crippen LogP contribution in [-0.2, 0) is 5.41 Å². The molecule has 260 valence electrons. The molecule has 0 bridgehead atoms. The molecule has 10 aromatic rings. The van der Waals surface area contributed by atoms with Crippen LogP contribution in [0.4, 0.5) is 17.1 Å². The Morgan fingerprint density at radius 3 is 1.91 bits per heavy atom. The van der Waals surface area contributed by atoms with Gasteiger partial charge in [-0.25, -0.2) is 0 Å². The summed E-state index contributed by atoms with van der Waals surface area (Å²) in [5.41, 5.74) is 13.7. The van der Waals surface area contributed by atoms with E-state index in [0.29, 0.717) is 0 Å². The van der Waals surface area contributed by atoms with Crippen LogP contribution >= 0.6 is 11.3 Å². The number of benzene rings is 9. The third-order valence-corrected chi connectivity index (χ3v) is 13.1. The minimum atomic E-state index is -0.115. The maximum absolute atomic E-state index is 2.47. The molecule has 0 radical (unpaired) electrons. The summed E-state index contributed by atoms with van der Waals surface area (Å²) >= 11 is 1.89. The van der Waals surface area contributed by atoms with Crippen molar-refractivity contribution in [1.82, 2.24) is 0 Å². The number of rotatable bonds is 5. The maximum atomic E-state index is 2.47. The lowest BCUT2D eigenvalue weighted by molar-refractivity contribution is 0.660. The molecule has 0 atom stereocenters. The topological polar surface area (TPSA) is 3.24 Å². The van der Waals surface area contributed by atoms with Gasteiger partial charge < -0.3 is 4.90 Å². The molecule has 9 aromatic carbocycles. The summed E-state index contributed by atoms with van der Waals surface area (Å²) < 4.78 is 2.62. The van der Waals surface area contributed by atoms with Crippen LogP contribution in [0.3, 0.4) is 0 Å². The first-order valence-corrected chi connectivity index (χ1v) is 19.9. The first-order chi connectivity index (χ1) is 27.0. The average molecular weight is 720 g/mol. The van der Waals surface area contributed by atoms with Crippen molar-refractivity contribution in [3.05, 3.63) is 199 Å². The zero-order chi connectivity index (χ0) is 36.7. The third kappa shape index (κ3) is 5.06. The van der Waals surface area contributed by atoms with Crippen LogP contribution in [0.1, 0.15) is 25.0 Å². The van der Waals surface area contributed by atoms with E-state index in [-0.39, 0.29) is 5.41 Å². The van der Waals surface area contributed by atoms with E-state index in [4.69, 9.17) is 0 Å². The molecule has 0 fully saturated rings. The predicted molar refractivity (Wildman–Crippen MR) is 237 cm³/mol. The highest BCUT2D eigenvalue weighted by Crippen LogP contribution is 2.52. The van der Waals surface area contributed by atoms with Gasteiger partial charge in [-0.05, 0) is 109 Å². The van der Waals surface area contributed by atoms with Crippen molar-refractivity contribution in [2.75, 3.05) is 4.90 Å². The van der Waals surface area contributed by atoms with Gasteiger partial charge in [0, 0.05) is 48.2 Å². The van der Waals surface area contributed by atoms with Gasteiger partial charge in [0.2, 0.25) is 0 Å². The van der Waals surface area contributed by atoms with Crippen LogP contribution in [0.5, 0.6) is 0 Å². The Kier molecular flexibility index (Phi) is 7.14. The largest absolute Gasteiger partial charge is 0.310 e. The highest BCUT2D eigenvalue weighted by Gasteiger charge is 2.35. The maximum Gasteiger partial charge on any atom is 0.0475 e. The number of hydrogen-bond acceptors (Lipinski definition) is 2. The van der Waals surface area contributed by atoms with Crippen LogP contribution < -0.4 is 4.90 Å². The molecule has 0 aliphatic heterocycles. The lowest BCUT2D eigenvalue weighted by Gasteiger charge is -2.29. The quantitative estimate of drug-likeness (QED) is 0.171. The molecule has 0 unspecified atom stereocenters. The average Bonchev–Trinajstić information content (AvgIpc) is 3.72. The molecule has 0 N–H and O–H groups in total. The fraction of sp³-hybridized carbons (Fsp3) is 0.0566. The number of hydrogen-bond donors (Lipinski definition) is 0. The highest BCUT2D eigenvalue weighted by atomic mass is 32.1. The van der Waals surface area contributed by atoms with Crippen LogP contribution in [-0.4, -0.2) is 0 Å². The van der Waals surface area contributed by atoms with Crippen molar-refractivity contribution < 1.29 is 0 Å². The monoisotopic (exact) mass is 719 g/mol. The highest BCUT2D eigenvalue weighted by molar-refractivity contribution is 7.26. The van der Waals surface area contributed by atoms with Gasteiger partial charge in [0.1, 0.15) is 0 Å². The Morgan fingerprint density at radius 1 is 0.382 bits per heavy atom. The molecule has 1 aliphatic carbocycles. The summed E-state index contributed by atoms with van der Waals surface area (Å²) in [6, 6.07) is 69.8. The zero-order valence-corrected chi connectivity index (χ0v) is 31.6. The summed E-state index contributed by atoms with van der Waals surface area (Å²) in [6.45, 7) is 4.73. The van der Waals surface area contributed by atoms with E-state index in [0.717, 1.165) is 17.1 Å². The second-order valence-corrected chi connectivity index (χ2v) is 16.4. The second-order valence-electron chi connectivity index (χ2n) is 15.3. The van der Waals surface area contributed by atoms with Gasteiger partial charge in [-0.1, -0.05) is 153 Å². The van der Waals surface area contributed by atoms with E-state index >= 15 is 0 Å². The van der Waals surface area contributed by atoms with Gasteiger partial charge in [0.15, 0.2) is 0 Å². The first kappa shape index (κ1) is 32.0. The van der Waals surface area contributed by atoms with Crippen LogP contribution in [0.2, 0.25) is 0 Å².